The van der Waals surface area contributed by atoms with Gasteiger partial charge in [0.25, 0.3) is 5.69 Å². The minimum Gasteiger partial charge on any atom is -0.458 e. The number of amides is 1. The van der Waals surface area contributed by atoms with Gasteiger partial charge in [-0.3, -0.25) is 14.9 Å². The van der Waals surface area contributed by atoms with E-state index in [1.807, 2.05) is 0 Å². The Hall–Kier alpha value is -2.95. The fourth-order valence-electron chi connectivity index (χ4n) is 3.38. The number of hydrogen-bond donors (Lipinski definition) is 1. The number of hydrogen-bond acceptors (Lipinski definition) is 8. The number of anilines is 1. The van der Waals surface area contributed by atoms with E-state index >= 15 is 0 Å². The lowest BCUT2D eigenvalue weighted by atomic mass is 9.85. The van der Waals surface area contributed by atoms with Crippen LogP contribution in [0.4, 0.5) is 11.4 Å². The quantitative estimate of drug-likeness (QED) is 0.396. The molecule has 1 aromatic carbocycles. The zero-order chi connectivity index (χ0) is 24.6. The van der Waals surface area contributed by atoms with Crippen LogP contribution in [0.1, 0.15) is 48.0 Å². The van der Waals surface area contributed by atoms with Gasteiger partial charge in [-0.15, -0.1) is 0 Å². The molecule has 0 saturated carbocycles. The fraction of sp³-hybridized carbons (Fsp3) is 0.524. The third-order valence-corrected chi connectivity index (χ3v) is 6.19. The number of nitrogens with one attached hydrogen (secondary N) is 1. The van der Waals surface area contributed by atoms with Crippen molar-refractivity contribution in [3.63, 3.8) is 0 Å². The Morgan fingerprint density at radius 3 is 2.28 bits per heavy atom. The highest BCUT2D eigenvalue weighted by Crippen LogP contribution is 2.34. The van der Waals surface area contributed by atoms with Crippen molar-refractivity contribution in [2.75, 3.05) is 12.4 Å². The maximum Gasteiger partial charge on any atom is 0.329 e. The highest BCUT2D eigenvalue weighted by Gasteiger charge is 2.40. The largest absolute Gasteiger partial charge is 0.458 e. The lowest BCUT2D eigenvalue weighted by Gasteiger charge is -2.38. The van der Waals surface area contributed by atoms with Crippen LogP contribution < -0.4 is 5.32 Å². The molecule has 32 heavy (non-hydrogen) atoms. The highest BCUT2D eigenvalue weighted by molar-refractivity contribution is 7.94. The molecule has 1 atom stereocenters. The SMILES string of the molecule is CN(C(=O)CC1=CS(=O)(=O)c2cc([N+](=O)[O-])ccc2N1)C(C(=O)OC(C)(C)C)C(C)(C)C. The molecule has 1 aromatic rings. The maximum atomic E-state index is 13.0. The number of likely N-dealkylation sites (N-methyl/N-ethyl adjacent to an activating group) is 1. The monoisotopic (exact) mass is 467 g/mol. The predicted octanol–water partition coefficient (Wildman–Crippen LogP) is 3.24. The first-order valence-corrected chi connectivity index (χ1v) is 11.5. The van der Waals surface area contributed by atoms with Gasteiger partial charge in [0.2, 0.25) is 15.7 Å². The van der Waals surface area contributed by atoms with Gasteiger partial charge in [-0.2, -0.15) is 0 Å². The number of nitro benzene ring substituents is 1. The minimum absolute atomic E-state index is 0.0973. The molecule has 0 aliphatic carbocycles. The zero-order valence-corrected chi connectivity index (χ0v) is 20.1. The van der Waals surface area contributed by atoms with E-state index in [4.69, 9.17) is 4.74 Å². The smallest absolute Gasteiger partial charge is 0.329 e. The molecule has 0 bridgehead atoms. The summed E-state index contributed by atoms with van der Waals surface area (Å²) in [6, 6.07) is 2.53. The number of benzene rings is 1. The topological polar surface area (TPSA) is 136 Å². The van der Waals surface area contributed by atoms with Gasteiger partial charge in [-0.1, -0.05) is 20.8 Å². The van der Waals surface area contributed by atoms with Crippen molar-refractivity contribution in [1.29, 1.82) is 0 Å². The maximum absolute atomic E-state index is 13.0. The predicted molar refractivity (Wildman–Crippen MR) is 118 cm³/mol. The molecular formula is C21H29N3O7S. The summed E-state index contributed by atoms with van der Waals surface area (Å²) in [5, 5.41) is 14.7. The molecular weight excluding hydrogens is 438 g/mol. The zero-order valence-electron chi connectivity index (χ0n) is 19.3. The number of rotatable bonds is 5. The van der Waals surface area contributed by atoms with Gasteiger partial charge in [0, 0.05) is 24.9 Å². The summed E-state index contributed by atoms with van der Waals surface area (Å²) in [6.45, 7) is 10.6. The Kier molecular flexibility index (Phi) is 6.75. The van der Waals surface area contributed by atoms with Crippen LogP contribution in [-0.2, 0) is 24.2 Å². The lowest BCUT2D eigenvalue weighted by Crippen LogP contribution is -2.52. The van der Waals surface area contributed by atoms with E-state index in [1.54, 1.807) is 41.5 Å². The molecule has 0 spiro atoms. The van der Waals surface area contributed by atoms with E-state index in [1.165, 1.54) is 24.1 Å². The van der Waals surface area contributed by atoms with Crippen molar-refractivity contribution in [3.8, 4) is 0 Å². The molecule has 1 aliphatic rings. The van der Waals surface area contributed by atoms with Crippen molar-refractivity contribution < 1.29 is 27.7 Å². The standard InChI is InChI=1S/C21H29N3O7S/c1-20(2,3)18(19(26)31-21(4,5)6)23(7)17(25)10-13-12-32(29,30)16-11-14(24(27)28)8-9-15(16)22-13/h8-9,11-12,18,22H,10H2,1-7H3. The van der Waals surface area contributed by atoms with Crippen LogP contribution >= 0.6 is 0 Å². The van der Waals surface area contributed by atoms with Gasteiger partial charge in [-0.25, -0.2) is 13.2 Å². The van der Waals surface area contributed by atoms with Gasteiger partial charge in [0.1, 0.15) is 16.5 Å². The number of carbonyl (C=O) groups excluding carboxylic acids is 2. The average molecular weight is 468 g/mol. The third kappa shape index (κ3) is 5.84. The molecule has 11 heteroatoms. The molecule has 0 saturated heterocycles. The van der Waals surface area contributed by atoms with Gasteiger partial charge < -0.3 is 15.0 Å². The first kappa shape index (κ1) is 25.3. The van der Waals surface area contributed by atoms with E-state index in [9.17, 15) is 28.1 Å². The van der Waals surface area contributed by atoms with E-state index < -0.39 is 43.7 Å². The van der Waals surface area contributed by atoms with Crippen LogP contribution in [0.25, 0.3) is 0 Å². The summed E-state index contributed by atoms with van der Waals surface area (Å²) in [6.07, 6.45) is -0.318. The summed E-state index contributed by atoms with van der Waals surface area (Å²) in [5.74, 6) is -1.05. The van der Waals surface area contributed by atoms with Crippen molar-refractivity contribution in [2.24, 2.45) is 5.41 Å². The molecule has 0 radical (unpaired) electrons. The van der Waals surface area contributed by atoms with E-state index in [0.717, 1.165) is 11.5 Å². The van der Waals surface area contributed by atoms with Crippen molar-refractivity contribution >= 4 is 33.1 Å². The van der Waals surface area contributed by atoms with E-state index in [0.29, 0.717) is 0 Å². The van der Waals surface area contributed by atoms with Crippen molar-refractivity contribution in [2.45, 2.75) is 64.5 Å². The Balaban J connectivity index is 2.29. The van der Waals surface area contributed by atoms with Gasteiger partial charge in [-0.05, 0) is 32.3 Å². The number of carbonyl (C=O) groups is 2. The van der Waals surface area contributed by atoms with Crippen LogP contribution in [0.5, 0.6) is 0 Å². The molecule has 1 unspecified atom stereocenters. The summed E-state index contributed by atoms with van der Waals surface area (Å²) in [5.41, 5.74) is -1.49. The number of nitrogens with zero attached hydrogens (tertiary/aromatic N) is 2. The molecule has 1 N–H and O–H groups in total. The van der Waals surface area contributed by atoms with Crippen LogP contribution in [0.2, 0.25) is 0 Å². The van der Waals surface area contributed by atoms with Crippen molar-refractivity contribution in [1.82, 2.24) is 4.90 Å². The summed E-state index contributed by atoms with van der Waals surface area (Å²) < 4.78 is 30.7. The van der Waals surface area contributed by atoms with E-state index in [-0.39, 0.29) is 28.4 Å². The Bertz CT molecular complexity index is 1080. The summed E-state index contributed by atoms with van der Waals surface area (Å²) >= 11 is 0. The van der Waals surface area contributed by atoms with Gasteiger partial charge in [0.15, 0.2) is 0 Å². The number of fused-ring (bicyclic) bond motifs is 1. The molecule has 1 aliphatic heterocycles. The number of ether oxygens (including phenoxy) is 1. The van der Waals surface area contributed by atoms with Crippen LogP contribution in [0, 0.1) is 15.5 Å². The fourth-order valence-corrected chi connectivity index (χ4v) is 4.74. The number of sulfone groups is 1. The summed E-state index contributed by atoms with van der Waals surface area (Å²) in [4.78, 5) is 37.1. The molecule has 0 aromatic heterocycles. The molecule has 0 fully saturated rings. The van der Waals surface area contributed by atoms with Crippen molar-refractivity contribution in [3.05, 3.63) is 39.4 Å². The second-order valence-corrected chi connectivity index (χ2v) is 11.5. The lowest BCUT2D eigenvalue weighted by molar-refractivity contribution is -0.385. The van der Waals surface area contributed by atoms with Crippen LogP contribution in [-0.4, -0.2) is 48.8 Å². The minimum atomic E-state index is -4.00. The molecule has 1 amide bonds. The summed E-state index contributed by atoms with van der Waals surface area (Å²) in [7, 11) is -2.53. The molecule has 1 heterocycles. The normalized spacial score (nSPS) is 16.2. The third-order valence-electron chi connectivity index (χ3n) is 4.65. The number of non-ortho nitro benzene ring substituents is 1. The molecule has 176 valence electrons. The molecule has 10 nitrogen and oxygen atoms in total. The first-order chi connectivity index (χ1) is 14.4. The Morgan fingerprint density at radius 1 is 1.19 bits per heavy atom. The Morgan fingerprint density at radius 2 is 1.78 bits per heavy atom. The second-order valence-electron chi connectivity index (χ2n) is 9.73. The number of nitro groups is 1. The highest BCUT2D eigenvalue weighted by atomic mass is 32.2. The van der Waals surface area contributed by atoms with Gasteiger partial charge in [0.05, 0.1) is 22.4 Å². The Labute approximate surface area is 187 Å². The van der Waals surface area contributed by atoms with Gasteiger partial charge >= 0.3 is 5.97 Å². The number of esters is 1. The second kappa shape index (κ2) is 8.53. The van der Waals surface area contributed by atoms with E-state index in [2.05, 4.69) is 5.32 Å². The van der Waals surface area contributed by atoms with Crippen LogP contribution in [0.15, 0.2) is 34.2 Å². The first-order valence-electron chi connectivity index (χ1n) is 9.92. The average Bonchev–Trinajstić information content (AvgIpc) is 2.57. The molecule has 2 rings (SSSR count). The van der Waals surface area contributed by atoms with Crippen LogP contribution in [0.3, 0.4) is 0 Å².